The number of rotatable bonds is 6. The van der Waals surface area contributed by atoms with Gasteiger partial charge in [0.2, 0.25) is 0 Å². The van der Waals surface area contributed by atoms with Crippen LogP contribution < -0.4 is 10.6 Å². The summed E-state index contributed by atoms with van der Waals surface area (Å²) in [7, 11) is 2.02. The van der Waals surface area contributed by atoms with Crippen LogP contribution in [0.15, 0.2) is 12.4 Å². The van der Waals surface area contributed by atoms with Crippen LogP contribution in [0.4, 0.5) is 9.93 Å². The fourth-order valence-corrected chi connectivity index (χ4v) is 4.63. The first kappa shape index (κ1) is 17.3. The van der Waals surface area contributed by atoms with Crippen molar-refractivity contribution >= 4 is 22.6 Å². The molecule has 2 saturated carbocycles. The molecule has 0 radical (unpaired) electrons. The smallest absolute Gasteiger partial charge is 0.404 e. The van der Waals surface area contributed by atoms with Crippen LogP contribution >= 0.6 is 11.3 Å². The van der Waals surface area contributed by atoms with Gasteiger partial charge >= 0.3 is 6.09 Å². The van der Waals surface area contributed by atoms with Crippen LogP contribution in [0.1, 0.15) is 44.2 Å². The highest BCUT2D eigenvalue weighted by molar-refractivity contribution is 7.18. The third kappa shape index (κ3) is 4.00. The number of aryl methyl sites for hydroxylation is 1. The van der Waals surface area contributed by atoms with Gasteiger partial charge in [-0.25, -0.2) is 9.78 Å². The number of thiazole rings is 1. The lowest BCUT2D eigenvalue weighted by atomic mass is 9.91. The molecule has 26 heavy (non-hydrogen) atoms. The lowest BCUT2D eigenvalue weighted by molar-refractivity contribution is 0.185. The van der Waals surface area contributed by atoms with Crippen molar-refractivity contribution in [1.82, 2.24) is 20.1 Å². The summed E-state index contributed by atoms with van der Waals surface area (Å²) in [5.41, 5.74) is 2.52. The molecular weight excluding hydrogens is 350 g/mol. The topological polar surface area (TPSA) is 92.1 Å². The Hall–Kier alpha value is -2.09. The van der Waals surface area contributed by atoms with Crippen molar-refractivity contribution in [3.63, 3.8) is 0 Å². The summed E-state index contributed by atoms with van der Waals surface area (Å²) in [5.74, 6) is 0.823. The number of anilines is 1. The standard InChI is InChI=1S/C18H25N5O2S/c1-23-15(8-11-2-3-11)14(9-20-23)16-10-19-17(26-16)21-12-4-6-13(7-5-12)22-18(24)25/h9-13,22H,2-8H2,1H3,(H,19,21)(H,24,25). The highest BCUT2D eigenvalue weighted by atomic mass is 32.1. The minimum Gasteiger partial charge on any atom is -0.465 e. The lowest BCUT2D eigenvalue weighted by Crippen LogP contribution is -2.39. The largest absolute Gasteiger partial charge is 0.465 e. The van der Waals surface area contributed by atoms with Crippen molar-refractivity contribution in [2.75, 3.05) is 5.32 Å². The summed E-state index contributed by atoms with van der Waals surface area (Å²) in [4.78, 5) is 16.5. The van der Waals surface area contributed by atoms with Gasteiger partial charge < -0.3 is 15.7 Å². The average Bonchev–Trinajstić information content (AvgIpc) is 3.20. The molecule has 0 atom stereocenters. The number of hydrogen-bond donors (Lipinski definition) is 3. The number of amides is 1. The molecule has 0 aliphatic heterocycles. The second-order valence-electron chi connectivity index (χ2n) is 7.45. The lowest BCUT2D eigenvalue weighted by Gasteiger charge is -2.28. The number of nitrogens with one attached hydrogen (secondary N) is 2. The molecule has 2 fully saturated rings. The van der Waals surface area contributed by atoms with Crippen LogP contribution in [0.3, 0.4) is 0 Å². The summed E-state index contributed by atoms with van der Waals surface area (Å²) in [6.07, 6.45) is 10.4. The molecule has 8 heteroatoms. The Bertz CT molecular complexity index is 774. The molecule has 2 aliphatic rings. The quantitative estimate of drug-likeness (QED) is 0.719. The maximum absolute atomic E-state index is 10.7. The van der Waals surface area contributed by atoms with Crippen molar-refractivity contribution in [3.05, 3.63) is 18.1 Å². The van der Waals surface area contributed by atoms with E-state index in [-0.39, 0.29) is 6.04 Å². The monoisotopic (exact) mass is 375 g/mol. The molecule has 140 valence electrons. The predicted molar refractivity (Wildman–Crippen MR) is 102 cm³/mol. The average molecular weight is 375 g/mol. The first-order chi connectivity index (χ1) is 12.6. The molecule has 2 aromatic rings. The Labute approximate surface area is 156 Å². The van der Waals surface area contributed by atoms with Crippen molar-refractivity contribution in [3.8, 4) is 10.4 Å². The van der Waals surface area contributed by atoms with E-state index in [4.69, 9.17) is 5.11 Å². The zero-order valence-electron chi connectivity index (χ0n) is 14.9. The summed E-state index contributed by atoms with van der Waals surface area (Å²) < 4.78 is 2.00. The third-order valence-corrected chi connectivity index (χ3v) is 6.36. The van der Waals surface area contributed by atoms with Crippen molar-refractivity contribution in [2.45, 2.75) is 57.0 Å². The van der Waals surface area contributed by atoms with E-state index in [1.54, 1.807) is 11.3 Å². The molecule has 1 amide bonds. The molecule has 0 saturated heterocycles. The highest BCUT2D eigenvalue weighted by Crippen LogP contribution is 2.38. The third-order valence-electron chi connectivity index (χ3n) is 5.39. The first-order valence-electron chi connectivity index (χ1n) is 9.31. The summed E-state index contributed by atoms with van der Waals surface area (Å²) >= 11 is 1.68. The van der Waals surface area contributed by atoms with Gasteiger partial charge in [-0.3, -0.25) is 4.68 Å². The summed E-state index contributed by atoms with van der Waals surface area (Å²) in [6.45, 7) is 0. The van der Waals surface area contributed by atoms with E-state index in [1.807, 2.05) is 24.1 Å². The maximum atomic E-state index is 10.7. The van der Waals surface area contributed by atoms with Crippen LogP contribution in [0.5, 0.6) is 0 Å². The Kier molecular flexibility index (Phi) is 4.84. The van der Waals surface area contributed by atoms with Gasteiger partial charge in [-0.2, -0.15) is 5.10 Å². The van der Waals surface area contributed by atoms with Crippen LogP contribution in [0, 0.1) is 5.92 Å². The van der Waals surface area contributed by atoms with Crippen LogP contribution in [-0.4, -0.2) is 38.0 Å². The van der Waals surface area contributed by atoms with E-state index < -0.39 is 6.09 Å². The van der Waals surface area contributed by atoms with Gasteiger partial charge in [-0.15, -0.1) is 0 Å². The van der Waals surface area contributed by atoms with Gasteiger partial charge in [0.15, 0.2) is 5.13 Å². The first-order valence-corrected chi connectivity index (χ1v) is 10.1. The number of carboxylic acid groups (broad SMARTS) is 1. The van der Waals surface area contributed by atoms with E-state index in [0.717, 1.165) is 48.0 Å². The Morgan fingerprint density at radius 2 is 1.96 bits per heavy atom. The Balaban J connectivity index is 1.37. The van der Waals surface area contributed by atoms with Gasteiger partial charge in [0, 0.05) is 36.6 Å². The molecule has 3 N–H and O–H groups in total. The van der Waals surface area contributed by atoms with Crippen LogP contribution in [0.2, 0.25) is 0 Å². The van der Waals surface area contributed by atoms with E-state index in [2.05, 4.69) is 20.7 Å². The van der Waals surface area contributed by atoms with Crippen molar-refractivity contribution < 1.29 is 9.90 Å². The second-order valence-corrected chi connectivity index (χ2v) is 8.48. The number of carbonyl (C=O) groups is 1. The molecular formula is C18H25N5O2S. The van der Waals surface area contributed by atoms with E-state index in [0.29, 0.717) is 6.04 Å². The molecule has 7 nitrogen and oxygen atoms in total. The van der Waals surface area contributed by atoms with Crippen molar-refractivity contribution in [2.24, 2.45) is 13.0 Å². The SMILES string of the molecule is Cn1ncc(-c2cnc(NC3CCC(NC(=O)O)CC3)s2)c1CC1CC1. The molecule has 0 spiro atoms. The van der Waals surface area contributed by atoms with Gasteiger partial charge in [0.1, 0.15) is 0 Å². The fourth-order valence-electron chi connectivity index (χ4n) is 3.70. The summed E-state index contributed by atoms with van der Waals surface area (Å²) in [6, 6.07) is 0.443. The zero-order chi connectivity index (χ0) is 18.1. The van der Waals surface area contributed by atoms with E-state index in [1.165, 1.54) is 24.1 Å². The van der Waals surface area contributed by atoms with Crippen LogP contribution in [-0.2, 0) is 13.5 Å². The minimum atomic E-state index is -0.926. The van der Waals surface area contributed by atoms with Gasteiger partial charge in [0.25, 0.3) is 0 Å². The number of nitrogens with zero attached hydrogens (tertiary/aromatic N) is 3. The highest BCUT2D eigenvalue weighted by Gasteiger charge is 2.26. The molecule has 4 rings (SSSR count). The number of aromatic nitrogens is 3. The molecule has 2 aromatic heterocycles. The predicted octanol–water partition coefficient (Wildman–Crippen LogP) is 3.49. The minimum absolute atomic E-state index is 0.0813. The normalized spacial score (nSPS) is 23.0. The molecule has 0 bridgehead atoms. The van der Waals surface area contributed by atoms with E-state index >= 15 is 0 Å². The van der Waals surface area contributed by atoms with Crippen molar-refractivity contribution in [1.29, 1.82) is 0 Å². The Morgan fingerprint density at radius 1 is 1.23 bits per heavy atom. The fraction of sp³-hybridized carbons (Fsp3) is 0.611. The number of hydrogen-bond acceptors (Lipinski definition) is 5. The molecule has 2 aliphatic carbocycles. The van der Waals surface area contributed by atoms with Gasteiger partial charge in [0.05, 0.1) is 11.1 Å². The van der Waals surface area contributed by atoms with Gasteiger partial charge in [-0.05, 0) is 50.9 Å². The van der Waals surface area contributed by atoms with E-state index in [9.17, 15) is 4.79 Å². The molecule has 0 unspecified atom stereocenters. The maximum Gasteiger partial charge on any atom is 0.404 e. The van der Waals surface area contributed by atoms with Gasteiger partial charge in [-0.1, -0.05) is 11.3 Å². The zero-order valence-corrected chi connectivity index (χ0v) is 15.8. The second kappa shape index (κ2) is 7.26. The molecule has 0 aromatic carbocycles. The molecule has 2 heterocycles. The Morgan fingerprint density at radius 3 is 2.65 bits per heavy atom. The summed E-state index contributed by atoms with van der Waals surface area (Å²) in [5, 5.41) is 20.3. The van der Waals surface area contributed by atoms with Crippen LogP contribution in [0.25, 0.3) is 10.4 Å².